The van der Waals surface area contributed by atoms with Crippen LogP contribution in [0.15, 0.2) is 152 Å². The number of fused-ring (bicyclic) bond motifs is 1. The molecule has 0 nitrogen and oxygen atoms in total. The van der Waals surface area contributed by atoms with Gasteiger partial charge in [0.05, 0.1) is 0 Å². The smallest absolute Gasteiger partial charge is 0.0317 e. The van der Waals surface area contributed by atoms with Gasteiger partial charge in [-0.2, -0.15) is 0 Å². The van der Waals surface area contributed by atoms with Crippen LogP contribution in [0.25, 0.3) is 5.31 Å². The Morgan fingerprint density at radius 3 is 1.29 bits per heavy atom. The zero-order chi connectivity index (χ0) is 23.5. The molecule has 0 amide bonds. The molecule has 5 aromatic carbocycles. The van der Waals surface area contributed by atoms with E-state index in [0.717, 1.165) is 0 Å². The van der Waals surface area contributed by atoms with E-state index in [1.54, 1.807) is 0 Å². The van der Waals surface area contributed by atoms with Gasteiger partial charge in [0, 0.05) is 5.66 Å². The largest absolute Gasteiger partial charge is 0.0631 e. The Labute approximate surface area is 210 Å². The van der Waals surface area contributed by atoms with Crippen LogP contribution in [0.5, 0.6) is 0 Å². The van der Waals surface area contributed by atoms with Crippen LogP contribution in [0.1, 0.15) is 16.8 Å². The lowest BCUT2D eigenvalue weighted by Gasteiger charge is -2.25. The van der Waals surface area contributed by atoms with Gasteiger partial charge >= 0.3 is 0 Å². The summed E-state index contributed by atoms with van der Waals surface area (Å²) in [7, 11) is -1.25. The molecule has 0 aliphatic heterocycles. The van der Waals surface area contributed by atoms with Crippen molar-refractivity contribution in [2.45, 2.75) is 5.66 Å². The molecule has 0 aromatic heterocycles. The van der Waals surface area contributed by atoms with Crippen molar-refractivity contribution in [3.63, 3.8) is 0 Å². The Morgan fingerprint density at radius 1 is 0.400 bits per heavy atom. The highest BCUT2D eigenvalue weighted by Gasteiger charge is 2.34. The van der Waals surface area contributed by atoms with Crippen LogP contribution >= 0.6 is 15.8 Å². The number of rotatable bonds is 6. The molecule has 168 valence electrons. The first-order valence-electron chi connectivity index (χ1n) is 12.0. The third-order valence-corrected chi connectivity index (χ3v) is 11.7. The van der Waals surface area contributed by atoms with E-state index >= 15 is 0 Å². The lowest BCUT2D eigenvalue weighted by atomic mass is 10.1. The Kier molecular flexibility index (Phi) is 6.42. The zero-order valence-corrected chi connectivity index (χ0v) is 21.2. The van der Waals surface area contributed by atoms with Gasteiger partial charge in [-0.15, -0.1) is 0 Å². The SMILES string of the molecule is C1=C(P(c2ccccc2)c2ccccc2)c2ccccc2[C@@H]1P(c1ccccc1)c1ccccc1. The maximum Gasteiger partial charge on any atom is 0.0317 e. The zero-order valence-electron chi connectivity index (χ0n) is 19.4. The van der Waals surface area contributed by atoms with Crippen molar-refractivity contribution >= 4 is 42.4 Å². The van der Waals surface area contributed by atoms with E-state index < -0.39 is 15.8 Å². The second-order valence-corrected chi connectivity index (χ2v) is 13.1. The summed E-state index contributed by atoms with van der Waals surface area (Å²) in [6.07, 6.45) is 2.61. The van der Waals surface area contributed by atoms with E-state index in [1.807, 2.05) is 0 Å². The van der Waals surface area contributed by atoms with Gasteiger partial charge in [-0.25, -0.2) is 0 Å². The van der Waals surface area contributed by atoms with E-state index in [0.29, 0.717) is 5.66 Å². The Morgan fingerprint density at radius 2 is 0.800 bits per heavy atom. The fourth-order valence-corrected chi connectivity index (χ4v) is 10.3. The summed E-state index contributed by atoms with van der Waals surface area (Å²) in [6, 6.07) is 53.4. The summed E-state index contributed by atoms with van der Waals surface area (Å²) in [5, 5.41) is 7.14. The molecule has 0 saturated carbocycles. The first-order chi connectivity index (χ1) is 17.4. The van der Waals surface area contributed by atoms with E-state index in [-0.39, 0.29) is 0 Å². The molecule has 0 unspecified atom stereocenters. The van der Waals surface area contributed by atoms with Crippen molar-refractivity contribution in [2.75, 3.05) is 0 Å². The van der Waals surface area contributed by atoms with Gasteiger partial charge in [-0.3, -0.25) is 0 Å². The Hall–Kier alpha value is -3.30. The van der Waals surface area contributed by atoms with Gasteiger partial charge in [-0.05, 0) is 53.5 Å². The number of benzene rings is 5. The van der Waals surface area contributed by atoms with Gasteiger partial charge in [0.2, 0.25) is 0 Å². The molecule has 2 heteroatoms. The van der Waals surface area contributed by atoms with Gasteiger partial charge in [0.25, 0.3) is 0 Å². The molecule has 0 saturated heterocycles. The van der Waals surface area contributed by atoms with Crippen LogP contribution in [0.2, 0.25) is 0 Å². The van der Waals surface area contributed by atoms with Crippen LogP contribution in [0.3, 0.4) is 0 Å². The molecule has 0 heterocycles. The Balaban J connectivity index is 1.56. The van der Waals surface area contributed by atoms with Gasteiger partial charge < -0.3 is 0 Å². The summed E-state index contributed by atoms with van der Waals surface area (Å²) in [5.41, 5.74) is 3.22. The second kappa shape index (κ2) is 10.1. The fourth-order valence-electron chi connectivity index (χ4n) is 4.95. The van der Waals surface area contributed by atoms with Crippen LogP contribution in [0.4, 0.5) is 0 Å². The average Bonchev–Trinajstić information content (AvgIpc) is 3.30. The number of allylic oxidation sites excluding steroid dienone is 1. The number of hydrogen-bond donors (Lipinski definition) is 0. The Bertz CT molecular complexity index is 1350. The highest BCUT2D eigenvalue weighted by Crippen LogP contribution is 2.62. The van der Waals surface area contributed by atoms with Crippen LogP contribution in [-0.4, -0.2) is 0 Å². The topological polar surface area (TPSA) is 0 Å². The molecule has 1 aliphatic rings. The molecule has 35 heavy (non-hydrogen) atoms. The fraction of sp³-hybridized carbons (Fsp3) is 0.0303. The number of hydrogen-bond acceptors (Lipinski definition) is 0. The average molecular weight is 485 g/mol. The molecule has 0 N–H and O–H groups in total. The van der Waals surface area contributed by atoms with E-state index in [2.05, 4.69) is 152 Å². The first-order valence-corrected chi connectivity index (χ1v) is 14.8. The minimum atomic E-state index is -0.656. The standard InChI is InChI=1S/C33H26P2/c1-5-15-26(16-6-1)34(27-17-7-2-8-18-27)32-25-33(31-24-14-13-23-30(31)32)35(28-19-9-3-10-20-28)29-21-11-4-12-22-29/h1-25,32H/t32-/m1/s1. The van der Waals surface area contributed by atoms with Crippen molar-refractivity contribution in [1.29, 1.82) is 0 Å². The molecule has 1 atom stereocenters. The third-order valence-electron chi connectivity index (χ3n) is 6.49. The molecule has 0 spiro atoms. The van der Waals surface area contributed by atoms with Gasteiger partial charge in [0.15, 0.2) is 0 Å². The van der Waals surface area contributed by atoms with E-state index in [4.69, 9.17) is 0 Å². The molecule has 6 rings (SSSR count). The summed E-state index contributed by atoms with van der Waals surface area (Å²) < 4.78 is 0. The lowest BCUT2D eigenvalue weighted by molar-refractivity contribution is 1.25. The molecular formula is C33H26P2. The van der Waals surface area contributed by atoms with Crippen molar-refractivity contribution in [3.05, 3.63) is 163 Å². The summed E-state index contributed by atoms with van der Waals surface area (Å²) in [6.45, 7) is 0. The molecule has 0 fully saturated rings. The van der Waals surface area contributed by atoms with Crippen LogP contribution in [0, 0.1) is 0 Å². The minimum absolute atomic E-state index is 0.346. The van der Waals surface area contributed by atoms with Crippen molar-refractivity contribution in [3.8, 4) is 0 Å². The highest BCUT2D eigenvalue weighted by molar-refractivity contribution is 7.82. The summed E-state index contributed by atoms with van der Waals surface area (Å²) in [5.74, 6) is 0. The van der Waals surface area contributed by atoms with E-state index in [9.17, 15) is 0 Å². The normalized spacial score (nSPS) is 14.7. The monoisotopic (exact) mass is 484 g/mol. The summed E-state index contributed by atoms with van der Waals surface area (Å²) in [4.78, 5) is 0. The van der Waals surface area contributed by atoms with Crippen molar-refractivity contribution < 1.29 is 0 Å². The first kappa shape index (κ1) is 22.2. The minimum Gasteiger partial charge on any atom is -0.0631 e. The molecular weight excluding hydrogens is 458 g/mol. The molecule has 1 aliphatic carbocycles. The molecule has 0 radical (unpaired) electrons. The van der Waals surface area contributed by atoms with Crippen LogP contribution in [-0.2, 0) is 0 Å². The van der Waals surface area contributed by atoms with Crippen molar-refractivity contribution in [2.24, 2.45) is 0 Å². The predicted octanol–water partition coefficient (Wildman–Crippen LogP) is 7.35. The second-order valence-electron chi connectivity index (χ2n) is 8.63. The maximum absolute atomic E-state index is 2.61. The third kappa shape index (κ3) is 4.41. The van der Waals surface area contributed by atoms with Gasteiger partial charge in [0.1, 0.15) is 0 Å². The van der Waals surface area contributed by atoms with Gasteiger partial charge in [-0.1, -0.05) is 152 Å². The molecule has 5 aromatic rings. The van der Waals surface area contributed by atoms with Crippen LogP contribution < -0.4 is 21.2 Å². The maximum atomic E-state index is 2.61. The quantitative estimate of drug-likeness (QED) is 0.221. The van der Waals surface area contributed by atoms with Crippen molar-refractivity contribution in [1.82, 2.24) is 0 Å². The predicted molar refractivity (Wildman–Crippen MR) is 155 cm³/mol. The highest BCUT2D eigenvalue weighted by atomic mass is 31.1. The summed E-state index contributed by atoms with van der Waals surface area (Å²) >= 11 is 0. The van der Waals surface area contributed by atoms with E-state index in [1.165, 1.54) is 37.7 Å². The lowest BCUT2D eigenvalue weighted by Crippen LogP contribution is -2.15. The molecule has 0 bridgehead atoms.